The van der Waals surface area contributed by atoms with E-state index < -0.39 is 10.0 Å². The van der Waals surface area contributed by atoms with E-state index in [9.17, 15) is 13.2 Å². The van der Waals surface area contributed by atoms with Gasteiger partial charge in [0, 0.05) is 44.5 Å². The van der Waals surface area contributed by atoms with Crippen LogP contribution in [0.1, 0.15) is 31.7 Å². The third kappa shape index (κ3) is 3.74. The molecule has 0 atom stereocenters. The molecule has 0 aliphatic carbocycles. The molecule has 0 spiro atoms. The molecule has 8 heteroatoms. The summed E-state index contributed by atoms with van der Waals surface area (Å²) < 4.78 is 26.5. The molecule has 0 aromatic carbocycles. The van der Waals surface area contributed by atoms with Crippen molar-refractivity contribution in [2.75, 3.05) is 32.4 Å². The SMILES string of the molecule is CS(=O)(=O)N1CCC(C(=O)N2CCC(n3cccn3)CC2)CC1. The lowest BCUT2D eigenvalue weighted by Gasteiger charge is -2.36. The normalized spacial score (nSPS) is 22.4. The monoisotopic (exact) mass is 340 g/mol. The lowest BCUT2D eigenvalue weighted by molar-refractivity contribution is -0.138. The van der Waals surface area contributed by atoms with Crippen LogP contribution in [0.15, 0.2) is 18.5 Å². The highest BCUT2D eigenvalue weighted by molar-refractivity contribution is 7.88. The number of carbonyl (C=O) groups excluding carboxylic acids is 1. The van der Waals surface area contributed by atoms with Crippen molar-refractivity contribution in [3.63, 3.8) is 0 Å². The topological polar surface area (TPSA) is 75.5 Å². The van der Waals surface area contributed by atoms with Gasteiger partial charge in [-0.15, -0.1) is 0 Å². The molecule has 2 saturated heterocycles. The number of amides is 1. The van der Waals surface area contributed by atoms with Crippen LogP contribution in [0.5, 0.6) is 0 Å². The lowest BCUT2D eigenvalue weighted by atomic mass is 9.95. The summed E-state index contributed by atoms with van der Waals surface area (Å²) in [4.78, 5) is 14.6. The number of piperidine rings is 2. The van der Waals surface area contributed by atoms with Crippen molar-refractivity contribution in [3.8, 4) is 0 Å². The molecule has 0 radical (unpaired) electrons. The van der Waals surface area contributed by atoms with Gasteiger partial charge >= 0.3 is 0 Å². The van der Waals surface area contributed by atoms with Crippen LogP contribution < -0.4 is 0 Å². The molecular weight excluding hydrogens is 316 g/mol. The zero-order chi connectivity index (χ0) is 16.4. The largest absolute Gasteiger partial charge is 0.342 e. The first kappa shape index (κ1) is 16.4. The van der Waals surface area contributed by atoms with Gasteiger partial charge in [-0.1, -0.05) is 0 Å². The van der Waals surface area contributed by atoms with Crippen LogP contribution in [0.25, 0.3) is 0 Å². The number of hydrogen-bond donors (Lipinski definition) is 0. The Labute approximate surface area is 137 Å². The number of aromatic nitrogens is 2. The molecule has 7 nitrogen and oxygen atoms in total. The number of hydrogen-bond acceptors (Lipinski definition) is 4. The molecule has 2 aliphatic rings. The molecule has 1 aromatic rings. The zero-order valence-electron chi connectivity index (χ0n) is 13.5. The third-order valence-corrected chi connectivity index (χ3v) is 6.25. The van der Waals surface area contributed by atoms with Crippen molar-refractivity contribution in [1.29, 1.82) is 0 Å². The van der Waals surface area contributed by atoms with Gasteiger partial charge in [-0.25, -0.2) is 12.7 Å². The van der Waals surface area contributed by atoms with Gasteiger partial charge in [0.15, 0.2) is 0 Å². The Hall–Kier alpha value is -1.41. The average molecular weight is 340 g/mol. The second kappa shape index (κ2) is 6.60. The molecule has 3 rings (SSSR count). The Morgan fingerprint density at radius 1 is 1.09 bits per heavy atom. The van der Waals surface area contributed by atoms with Crippen molar-refractivity contribution in [1.82, 2.24) is 19.0 Å². The molecular formula is C15H24N4O3S. The maximum absolute atomic E-state index is 12.6. The smallest absolute Gasteiger partial charge is 0.225 e. The summed E-state index contributed by atoms with van der Waals surface area (Å²) in [6.07, 6.45) is 8.10. The summed E-state index contributed by atoms with van der Waals surface area (Å²) in [5.74, 6) is 0.159. The minimum atomic E-state index is -3.13. The van der Waals surface area contributed by atoms with Crippen molar-refractivity contribution in [2.24, 2.45) is 5.92 Å². The van der Waals surface area contributed by atoms with Crippen molar-refractivity contribution in [2.45, 2.75) is 31.7 Å². The number of likely N-dealkylation sites (tertiary alicyclic amines) is 1. The molecule has 2 fully saturated rings. The van der Waals surface area contributed by atoms with E-state index in [1.807, 2.05) is 21.8 Å². The Morgan fingerprint density at radius 2 is 1.74 bits per heavy atom. The highest BCUT2D eigenvalue weighted by Crippen LogP contribution is 2.26. The van der Waals surface area contributed by atoms with Gasteiger partial charge in [-0.3, -0.25) is 9.48 Å². The Bertz CT molecular complexity index is 628. The van der Waals surface area contributed by atoms with Gasteiger partial charge in [-0.2, -0.15) is 5.10 Å². The maximum atomic E-state index is 12.6. The van der Waals surface area contributed by atoms with Crippen LogP contribution in [-0.4, -0.2) is 65.7 Å². The van der Waals surface area contributed by atoms with Crippen LogP contribution in [0.2, 0.25) is 0 Å². The van der Waals surface area contributed by atoms with Gasteiger partial charge in [0.25, 0.3) is 0 Å². The van der Waals surface area contributed by atoms with E-state index in [4.69, 9.17) is 0 Å². The molecule has 1 aromatic heterocycles. The van der Waals surface area contributed by atoms with Gasteiger partial charge in [0.1, 0.15) is 0 Å². The molecule has 0 bridgehead atoms. The zero-order valence-corrected chi connectivity index (χ0v) is 14.3. The van der Waals surface area contributed by atoms with E-state index in [1.165, 1.54) is 10.6 Å². The summed E-state index contributed by atoms with van der Waals surface area (Å²) in [7, 11) is -3.13. The van der Waals surface area contributed by atoms with Crippen LogP contribution in [-0.2, 0) is 14.8 Å². The summed E-state index contributed by atoms with van der Waals surface area (Å²) in [5.41, 5.74) is 0. The fourth-order valence-electron chi connectivity index (χ4n) is 3.54. The molecule has 0 unspecified atom stereocenters. The second-order valence-corrected chi connectivity index (χ2v) is 8.46. The van der Waals surface area contributed by atoms with Gasteiger partial charge in [0.2, 0.25) is 15.9 Å². The summed E-state index contributed by atoms with van der Waals surface area (Å²) >= 11 is 0. The van der Waals surface area contributed by atoms with Crippen LogP contribution in [0, 0.1) is 5.92 Å². The quantitative estimate of drug-likeness (QED) is 0.812. The van der Waals surface area contributed by atoms with E-state index in [2.05, 4.69) is 5.10 Å². The molecule has 128 valence electrons. The number of carbonyl (C=O) groups is 1. The highest BCUT2D eigenvalue weighted by Gasteiger charge is 2.33. The second-order valence-electron chi connectivity index (χ2n) is 6.48. The molecule has 3 heterocycles. The van der Waals surface area contributed by atoms with Crippen molar-refractivity contribution in [3.05, 3.63) is 18.5 Å². The highest BCUT2D eigenvalue weighted by atomic mass is 32.2. The van der Waals surface area contributed by atoms with Crippen LogP contribution in [0.4, 0.5) is 0 Å². The first-order chi connectivity index (χ1) is 10.9. The van der Waals surface area contributed by atoms with Crippen molar-refractivity contribution >= 4 is 15.9 Å². The lowest BCUT2D eigenvalue weighted by Crippen LogP contribution is -2.46. The molecule has 0 N–H and O–H groups in total. The standard InChI is InChI=1S/C15H24N4O3S/c1-23(21,22)18-11-3-13(4-12-18)15(20)17-9-5-14(6-10-17)19-8-2-7-16-19/h2,7-8,13-14H,3-6,9-12H2,1H3. The number of rotatable bonds is 3. The summed E-state index contributed by atoms with van der Waals surface area (Å²) in [6, 6.07) is 2.30. The predicted molar refractivity (Wildman–Crippen MR) is 86.2 cm³/mol. The minimum Gasteiger partial charge on any atom is -0.342 e. The Morgan fingerprint density at radius 3 is 2.26 bits per heavy atom. The van der Waals surface area contributed by atoms with E-state index in [-0.39, 0.29) is 11.8 Å². The number of sulfonamides is 1. The van der Waals surface area contributed by atoms with Gasteiger partial charge < -0.3 is 4.90 Å². The first-order valence-corrected chi connectivity index (χ1v) is 10.0. The first-order valence-electron chi connectivity index (χ1n) is 8.18. The predicted octanol–water partition coefficient (Wildman–Crippen LogP) is 0.718. The van der Waals surface area contributed by atoms with Crippen molar-refractivity contribution < 1.29 is 13.2 Å². The summed E-state index contributed by atoms with van der Waals surface area (Å²) in [6.45, 7) is 2.43. The van der Waals surface area contributed by atoms with Crippen LogP contribution in [0.3, 0.4) is 0 Å². The van der Waals surface area contributed by atoms with E-state index >= 15 is 0 Å². The minimum absolute atomic E-state index is 0.0331. The molecule has 1 amide bonds. The number of nitrogens with zero attached hydrogens (tertiary/aromatic N) is 4. The molecule has 23 heavy (non-hydrogen) atoms. The molecule has 2 aliphatic heterocycles. The third-order valence-electron chi connectivity index (χ3n) is 4.95. The summed E-state index contributed by atoms with van der Waals surface area (Å²) in [5, 5.41) is 4.28. The fraction of sp³-hybridized carbons (Fsp3) is 0.733. The van der Waals surface area contributed by atoms with Gasteiger partial charge in [-0.05, 0) is 31.7 Å². The van der Waals surface area contributed by atoms with Crippen LogP contribution >= 0.6 is 0 Å². The Balaban J connectivity index is 1.50. The fourth-order valence-corrected chi connectivity index (χ4v) is 4.41. The van der Waals surface area contributed by atoms with E-state index in [0.29, 0.717) is 32.0 Å². The van der Waals surface area contributed by atoms with Gasteiger partial charge in [0.05, 0.1) is 12.3 Å². The van der Waals surface area contributed by atoms with E-state index in [1.54, 1.807) is 6.20 Å². The average Bonchev–Trinajstić information content (AvgIpc) is 3.08. The van der Waals surface area contributed by atoms with E-state index in [0.717, 1.165) is 25.9 Å². The Kier molecular flexibility index (Phi) is 4.72. The maximum Gasteiger partial charge on any atom is 0.225 e. The molecule has 0 saturated carbocycles.